The highest BCUT2D eigenvalue weighted by Gasteiger charge is 2.25. The number of amides is 1. The highest BCUT2D eigenvalue weighted by molar-refractivity contribution is 6.04. The molecule has 1 saturated heterocycles. The first-order valence-corrected chi connectivity index (χ1v) is 10.1. The van der Waals surface area contributed by atoms with Gasteiger partial charge >= 0.3 is 0 Å². The average Bonchev–Trinajstić information content (AvgIpc) is 3.01. The van der Waals surface area contributed by atoms with Crippen LogP contribution in [0.3, 0.4) is 0 Å². The van der Waals surface area contributed by atoms with Crippen molar-refractivity contribution in [2.24, 2.45) is 13.0 Å². The van der Waals surface area contributed by atoms with Gasteiger partial charge in [0.05, 0.1) is 35.9 Å². The number of nitrogens with one attached hydrogen (secondary N) is 1. The summed E-state index contributed by atoms with van der Waals surface area (Å²) in [5.74, 6) is 0.699. The van der Waals surface area contributed by atoms with Gasteiger partial charge < -0.3 is 19.9 Å². The van der Waals surface area contributed by atoms with Crippen LogP contribution in [0, 0.1) is 5.92 Å². The first kappa shape index (κ1) is 20.2. The highest BCUT2D eigenvalue weighted by Crippen LogP contribution is 2.30. The van der Waals surface area contributed by atoms with Crippen LogP contribution >= 0.6 is 0 Å². The molecule has 4 rings (SSSR count). The van der Waals surface area contributed by atoms with Gasteiger partial charge in [-0.1, -0.05) is 0 Å². The number of pyridine rings is 1. The van der Waals surface area contributed by atoms with Gasteiger partial charge in [-0.05, 0) is 62.9 Å². The van der Waals surface area contributed by atoms with Gasteiger partial charge in [-0.25, -0.2) is 4.98 Å². The average molecular weight is 410 g/mol. The molecule has 0 spiro atoms. The highest BCUT2D eigenvalue weighted by atomic mass is 16.5. The summed E-state index contributed by atoms with van der Waals surface area (Å²) in [6.45, 7) is 4.81. The number of fused-ring (bicyclic) bond motifs is 1. The number of hydrogen-bond acceptors (Lipinski definition) is 6. The first-order chi connectivity index (χ1) is 14.4. The van der Waals surface area contributed by atoms with Gasteiger partial charge in [0.2, 0.25) is 5.88 Å². The van der Waals surface area contributed by atoms with Crippen molar-refractivity contribution in [3.8, 4) is 11.6 Å². The van der Waals surface area contributed by atoms with E-state index < -0.39 is 0 Å². The van der Waals surface area contributed by atoms with Gasteiger partial charge in [-0.3, -0.25) is 9.48 Å². The quantitative estimate of drug-likeness (QED) is 0.668. The Kier molecular flexibility index (Phi) is 5.59. The van der Waals surface area contributed by atoms with Crippen LogP contribution < -0.4 is 10.1 Å². The minimum absolute atomic E-state index is 0.0139. The summed E-state index contributed by atoms with van der Waals surface area (Å²) in [4.78, 5) is 16.3. The van der Waals surface area contributed by atoms with E-state index in [2.05, 4.69) is 29.2 Å². The zero-order chi connectivity index (χ0) is 21.3. The number of anilines is 1. The fraction of sp³-hybridized carbons (Fsp3) is 0.409. The lowest BCUT2D eigenvalue weighted by Gasteiger charge is -2.31. The summed E-state index contributed by atoms with van der Waals surface area (Å²) in [5, 5.41) is 17.5. The molecule has 1 aliphatic rings. The largest absolute Gasteiger partial charge is 0.506 e. The monoisotopic (exact) mass is 410 g/mol. The van der Waals surface area contributed by atoms with E-state index in [1.54, 1.807) is 4.68 Å². The summed E-state index contributed by atoms with van der Waals surface area (Å²) in [5.41, 5.74) is 1.71. The molecule has 158 valence electrons. The molecule has 1 amide bonds. The van der Waals surface area contributed by atoms with E-state index in [0.29, 0.717) is 24.1 Å². The SMILES string of the molecule is CC1CC(COc2nn(C)c3cc(NC(=O)c4ccc(O)cn4)ccc23)CC(C)O1. The Labute approximate surface area is 174 Å². The minimum Gasteiger partial charge on any atom is -0.506 e. The fourth-order valence-corrected chi connectivity index (χ4v) is 4.00. The van der Waals surface area contributed by atoms with Crippen molar-refractivity contribution < 1.29 is 19.4 Å². The summed E-state index contributed by atoms with van der Waals surface area (Å²) in [7, 11) is 1.85. The minimum atomic E-state index is -0.351. The zero-order valence-corrected chi connectivity index (χ0v) is 17.3. The maximum absolute atomic E-state index is 12.4. The molecule has 0 radical (unpaired) electrons. The number of hydrogen-bond donors (Lipinski definition) is 2. The van der Waals surface area contributed by atoms with Crippen LogP contribution in [0.1, 0.15) is 37.2 Å². The van der Waals surface area contributed by atoms with E-state index >= 15 is 0 Å². The molecule has 1 fully saturated rings. The Morgan fingerprint density at radius 2 is 2.03 bits per heavy atom. The van der Waals surface area contributed by atoms with Crippen molar-refractivity contribution in [3.63, 3.8) is 0 Å². The molecule has 0 saturated carbocycles. The van der Waals surface area contributed by atoms with Crippen molar-refractivity contribution in [1.29, 1.82) is 0 Å². The molecule has 0 aliphatic carbocycles. The molecule has 1 aliphatic heterocycles. The normalized spacial score (nSPS) is 21.5. The molecule has 2 atom stereocenters. The van der Waals surface area contributed by atoms with E-state index in [9.17, 15) is 9.90 Å². The van der Waals surface area contributed by atoms with Crippen molar-refractivity contribution in [1.82, 2.24) is 14.8 Å². The van der Waals surface area contributed by atoms with Crippen LogP contribution in [0.2, 0.25) is 0 Å². The second kappa shape index (κ2) is 8.31. The Morgan fingerprint density at radius 3 is 2.73 bits per heavy atom. The Bertz CT molecular complexity index is 1040. The number of aromatic hydroxyl groups is 1. The Hall–Kier alpha value is -3.13. The van der Waals surface area contributed by atoms with Crippen molar-refractivity contribution in [2.45, 2.75) is 38.9 Å². The summed E-state index contributed by atoms with van der Waals surface area (Å²) >= 11 is 0. The molecule has 0 bridgehead atoms. The van der Waals surface area contributed by atoms with Crippen molar-refractivity contribution >= 4 is 22.5 Å². The number of aromatic nitrogens is 3. The van der Waals surface area contributed by atoms with Crippen LogP contribution in [-0.2, 0) is 11.8 Å². The van der Waals surface area contributed by atoms with Crippen LogP contribution in [0.25, 0.3) is 10.9 Å². The van der Waals surface area contributed by atoms with E-state index in [4.69, 9.17) is 9.47 Å². The van der Waals surface area contributed by atoms with Crippen LogP contribution in [-0.4, -0.2) is 44.6 Å². The molecule has 3 heterocycles. The third kappa shape index (κ3) is 4.38. The topological polar surface area (TPSA) is 98.5 Å². The number of carbonyl (C=O) groups excluding carboxylic acids is 1. The number of ether oxygens (including phenoxy) is 2. The second-order valence-electron chi connectivity index (χ2n) is 7.92. The lowest BCUT2D eigenvalue weighted by Crippen LogP contribution is -2.32. The Balaban J connectivity index is 1.47. The van der Waals surface area contributed by atoms with E-state index in [1.165, 1.54) is 18.3 Å². The maximum Gasteiger partial charge on any atom is 0.274 e. The third-order valence-corrected chi connectivity index (χ3v) is 5.31. The van der Waals surface area contributed by atoms with Crippen LogP contribution in [0.5, 0.6) is 11.6 Å². The summed E-state index contributed by atoms with van der Waals surface area (Å²) in [6.07, 6.45) is 3.70. The van der Waals surface area contributed by atoms with E-state index in [-0.39, 0.29) is 29.6 Å². The molecule has 8 heteroatoms. The van der Waals surface area contributed by atoms with Gasteiger partial charge in [-0.15, -0.1) is 5.10 Å². The molecular weight excluding hydrogens is 384 g/mol. The van der Waals surface area contributed by atoms with E-state index in [0.717, 1.165) is 23.7 Å². The molecule has 2 aromatic heterocycles. The molecule has 8 nitrogen and oxygen atoms in total. The van der Waals surface area contributed by atoms with Gasteiger partial charge in [0.1, 0.15) is 11.4 Å². The molecule has 30 heavy (non-hydrogen) atoms. The lowest BCUT2D eigenvalue weighted by atomic mass is 9.93. The predicted molar refractivity (Wildman–Crippen MR) is 113 cm³/mol. The standard InChI is InChI=1S/C22H26N4O4/c1-13-8-15(9-14(2)30-13)12-29-22-18-6-4-16(10-20(18)26(3)25-22)24-21(28)19-7-5-17(27)11-23-19/h4-7,10-11,13-15,27H,8-9,12H2,1-3H3,(H,24,28). The number of rotatable bonds is 5. The summed E-state index contributed by atoms with van der Waals surface area (Å²) in [6, 6.07) is 8.46. The van der Waals surface area contributed by atoms with E-state index in [1.807, 2.05) is 25.2 Å². The second-order valence-corrected chi connectivity index (χ2v) is 7.92. The first-order valence-electron chi connectivity index (χ1n) is 10.1. The van der Waals surface area contributed by atoms with Gasteiger partial charge in [0.25, 0.3) is 5.91 Å². The molecule has 1 aromatic carbocycles. The molecular formula is C22H26N4O4. The third-order valence-electron chi connectivity index (χ3n) is 5.31. The Morgan fingerprint density at radius 1 is 1.27 bits per heavy atom. The van der Waals surface area contributed by atoms with Crippen LogP contribution in [0.15, 0.2) is 36.5 Å². The van der Waals surface area contributed by atoms with Gasteiger partial charge in [0.15, 0.2) is 0 Å². The number of aryl methyl sites for hydroxylation is 1. The maximum atomic E-state index is 12.4. The molecule has 2 N–H and O–H groups in total. The number of carbonyl (C=O) groups is 1. The van der Waals surface area contributed by atoms with Crippen LogP contribution in [0.4, 0.5) is 5.69 Å². The van der Waals surface area contributed by atoms with Crippen molar-refractivity contribution in [2.75, 3.05) is 11.9 Å². The molecule has 2 unspecified atom stereocenters. The predicted octanol–water partition coefficient (Wildman–Crippen LogP) is 3.51. The lowest BCUT2D eigenvalue weighted by molar-refractivity contribution is -0.0594. The smallest absolute Gasteiger partial charge is 0.274 e. The fourth-order valence-electron chi connectivity index (χ4n) is 4.00. The molecule has 3 aromatic rings. The van der Waals surface area contributed by atoms with Gasteiger partial charge in [0, 0.05) is 12.7 Å². The zero-order valence-electron chi connectivity index (χ0n) is 17.3. The number of nitrogens with zero attached hydrogens (tertiary/aromatic N) is 3. The van der Waals surface area contributed by atoms with Crippen molar-refractivity contribution in [3.05, 3.63) is 42.2 Å². The summed E-state index contributed by atoms with van der Waals surface area (Å²) < 4.78 is 13.6. The number of benzene rings is 1. The van der Waals surface area contributed by atoms with Gasteiger partial charge in [-0.2, -0.15) is 0 Å².